The third-order valence-corrected chi connectivity index (χ3v) is 7.01. The highest BCUT2D eigenvalue weighted by atomic mass is 32.2. The molecule has 2 aromatic rings. The molecule has 1 saturated heterocycles. The number of thioether (sulfide) groups is 1. The molecular formula is C20H26N2O2S2. The summed E-state index contributed by atoms with van der Waals surface area (Å²) in [6, 6.07) is 13.0. The van der Waals surface area contributed by atoms with Crippen LogP contribution in [0.1, 0.15) is 30.9 Å². The van der Waals surface area contributed by atoms with Crippen molar-refractivity contribution in [3.63, 3.8) is 0 Å². The molecule has 0 atom stereocenters. The number of hydrogen-bond donors (Lipinski definition) is 1. The number of anilines is 2. The minimum atomic E-state index is -3.58. The molecule has 0 radical (unpaired) electrons. The largest absolute Gasteiger partial charge is 0.370 e. The van der Waals surface area contributed by atoms with E-state index in [4.69, 9.17) is 0 Å². The Bertz CT molecular complexity index is 856. The highest BCUT2D eigenvalue weighted by Gasteiger charge is 2.17. The smallest absolute Gasteiger partial charge is 0.261 e. The zero-order valence-electron chi connectivity index (χ0n) is 15.5. The predicted molar refractivity (Wildman–Crippen MR) is 112 cm³/mol. The number of benzene rings is 2. The summed E-state index contributed by atoms with van der Waals surface area (Å²) in [7, 11) is -3.58. The van der Waals surface area contributed by atoms with Crippen molar-refractivity contribution >= 4 is 33.2 Å². The molecule has 1 fully saturated rings. The minimum Gasteiger partial charge on any atom is -0.370 e. The van der Waals surface area contributed by atoms with E-state index in [0.717, 1.165) is 41.4 Å². The van der Waals surface area contributed by atoms with Gasteiger partial charge in [-0.1, -0.05) is 26.0 Å². The van der Waals surface area contributed by atoms with Crippen LogP contribution in [-0.2, 0) is 10.0 Å². The molecule has 140 valence electrons. The Morgan fingerprint density at radius 2 is 1.69 bits per heavy atom. The van der Waals surface area contributed by atoms with E-state index < -0.39 is 10.0 Å². The summed E-state index contributed by atoms with van der Waals surface area (Å²) in [6.45, 7) is 8.21. The maximum absolute atomic E-state index is 12.7. The normalized spacial score (nSPS) is 15.3. The number of hydrogen-bond acceptors (Lipinski definition) is 4. The maximum Gasteiger partial charge on any atom is 0.261 e. The second-order valence-corrected chi connectivity index (χ2v) is 9.84. The van der Waals surface area contributed by atoms with Crippen LogP contribution in [0, 0.1) is 6.92 Å². The van der Waals surface area contributed by atoms with E-state index in [2.05, 4.69) is 29.5 Å². The molecule has 6 heteroatoms. The van der Waals surface area contributed by atoms with Crippen LogP contribution in [0.5, 0.6) is 0 Å². The van der Waals surface area contributed by atoms with Gasteiger partial charge < -0.3 is 4.90 Å². The lowest BCUT2D eigenvalue weighted by Gasteiger charge is -2.29. The summed E-state index contributed by atoms with van der Waals surface area (Å²) in [6.07, 6.45) is 0. The summed E-state index contributed by atoms with van der Waals surface area (Å²) in [5.74, 6) is 2.65. The summed E-state index contributed by atoms with van der Waals surface area (Å²) in [5, 5.41) is 0. The molecule has 1 aliphatic rings. The fourth-order valence-electron chi connectivity index (χ4n) is 3.02. The molecule has 3 rings (SSSR count). The molecule has 1 heterocycles. The maximum atomic E-state index is 12.7. The first kappa shape index (κ1) is 19.1. The molecule has 0 bridgehead atoms. The van der Waals surface area contributed by atoms with E-state index in [0.29, 0.717) is 16.5 Å². The summed E-state index contributed by atoms with van der Waals surface area (Å²) in [4.78, 5) is 2.64. The summed E-state index contributed by atoms with van der Waals surface area (Å²) >= 11 is 1.98. The van der Waals surface area contributed by atoms with Crippen LogP contribution in [-0.4, -0.2) is 33.0 Å². The van der Waals surface area contributed by atoms with Gasteiger partial charge in [0.15, 0.2) is 0 Å². The monoisotopic (exact) mass is 390 g/mol. The lowest BCUT2D eigenvalue weighted by atomic mass is 10.0. The highest BCUT2D eigenvalue weighted by Crippen LogP contribution is 2.27. The molecule has 26 heavy (non-hydrogen) atoms. The Kier molecular flexibility index (Phi) is 5.82. The van der Waals surface area contributed by atoms with E-state index in [-0.39, 0.29) is 0 Å². The van der Waals surface area contributed by atoms with Crippen LogP contribution >= 0.6 is 11.8 Å². The molecule has 0 unspecified atom stereocenters. The topological polar surface area (TPSA) is 49.4 Å². The Balaban J connectivity index is 1.78. The molecule has 0 spiro atoms. The van der Waals surface area contributed by atoms with Gasteiger partial charge in [0.1, 0.15) is 0 Å². The lowest BCUT2D eigenvalue weighted by Crippen LogP contribution is -2.32. The van der Waals surface area contributed by atoms with Crippen LogP contribution in [0.4, 0.5) is 11.4 Å². The van der Waals surface area contributed by atoms with Gasteiger partial charge in [-0.3, -0.25) is 4.72 Å². The standard InChI is InChI=1S/C20H26N2O2S2/c1-15(2)17-4-7-19(8-5-17)26(23,24)21-20-9-6-18(14-16(20)3)22-10-12-25-13-11-22/h4-9,14-15,21H,10-13H2,1-3H3. The SMILES string of the molecule is Cc1cc(N2CCSCC2)ccc1NS(=O)(=O)c1ccc(C(C)C)cc1. The lowest BCUT2D eigenvalue weighted by molar-refractivity contribution is 0.601. The average molecular weight is 391 g/mol. The van der Waals surface area contributed by atoms with Crippen molar-refractivity contribution < 1.29 is 8.42 Å². The van der Waals surface area contributed by atoms with E-state index in [1.165, 1.54) is 0 Å². The first-order valence-corrected chi connectivity index (χ1v) is 11.6. The van der Waals surface area contributed by atoms with Gasteiger partial charge in [0.25, 0.3) is 10.0 Å². The minimum absolute atomic E-state index is 0.290. The van der Waals surface area contributed by atoms with Gasteiger partial charge in [0, 0.05) is 30.3 Å². The van der Waals surface area contributed by atoms with Crippen LogP contribution in [0.2, 0.25) is 0 Å². The van der Waals surface area contributed by atoms with Gasteiger partial charge in [0.2, 0.25) is 0 Å². The Morgan fingerprint density at radius 1 is 1.04 bits per heavy atom. The molecule has 2 aromatic carbocycles. The number of rotatable bonds is 5. The quantitative estimate of drug-likeness (QED) is 0.818. The van der Waals surface area contributed by atoms with Crippen LogP contribution in [0.15, 0.2) is 47.4 Å². The third kappa shape index (κ3) is 4.35. The van der Waals surface area contributed by atoms with Gasteiger partial charge in [-0.25, -0.2) is 8.42 Å². The van der Waals surface area contributed by atoms with Crippen LogP contribution in [0.3, 0.4) is 0 Å². The van der Waals surface area contributed by atoms with Gasteiger partial charge in [-0.2, -0.15) is 11.8 Å². The summed E-state index contributed by atoms with van der Waals surface area (Å²) in [5.41, 5.74) is 3.85. The van der Waals surface area contributed by atoms with E-state index >= 15 is 0 Å². The van der Waals surface area contributed by atoms with E-state index in [1.54, 1.807) is 12.1 Å². The molecule has 0 aliphatic carbocycles. The van der Waals surface area contributed by atoms with Crippen molar-refractivity contribution in [3.8, 4) is 0 Å². The fourth-order valence-corrected chi connectivity index (χ4v) is 5.05. The predicted octanol–water partition coefficient (Wildman–Crippen LogP) is 4.47. The van der Waals surface area contributed by atoms with Crippen LogP contribution in [0.25, 0.3) is 0 Å². The Hall–Kier alpha value is -1.66. The average Bonchev–Trinajstić information content (AvgIpc) is 2.64. The zero-order valence-corrected chi connectivity index (χ0v) is 17.2. The van der Waals surface area contributed by atoms with Crippen molar-refractivity contribution in [2.75, 3.05) is 34.2 Å². The molecule has 0 saturated carbocycles. The summed E-state index contributed by atoms with van der Waals surface area (Å²) < 4.78 is 28.1. The van der Waals surface area contributed by atoms with Crippen molar-refractivity contribution in [3.05, 3.63) is 53.6 Å². The first-order chi connectivity index (χ1) is 12.4. The highest BCUT2D eigenvalue weighted by molar-refractivity contribution is 7.99. The molecule has 0 amide bonds. The van der Waals surface area contributed by atoms with Gasteiger partial charge in [0.05, 0.1) is 10.6 Å². The fraction of sp³-hybridized carbons (Fsp3) is 0.400. The number of nitrogens with zero attached hydrogens (tertiary/aromatic N) is 1. The van der Waals surface area contributed by atoms with E-state index in [9.17, 15) is 8.42 Å². The van der Waals surface area contributed by atoms with Gasteiger partial charge in [-0.15, -0.1) is 0 Å². The zero-order chi connectivity index (χ0) is 18.7. The van der Waals surface area contributed by atoms with Crippen molar-refractivity contribution in [2.24, 2.45) is 0 Å². The molecule has 1 aliphatic heterocycles. The van der Waals surface area contributed by atoms with Crippen LogP contribution < -0.4 is 9.62 Å². The molecule has 1 N–H and O–H groups in total. The van der Waals surface area contributed by atoms with Gasteiger partial charge in [-0.05, 0) is 54.3 Å². The van der Waals surface area contributed by atoms with E-state index in [1.807, 2.05) is 43.0 Å². The molecular weight excluding hydrogens is 364 g/mol. The molecule has 4 nitrogen and oxygen atoms in total. The van der Waals surface area contributed by atoms with Crippen molar-refractivity contribution in [2.45, 2.75) is 31.6 Å². The number of nitrogens with one attached hydrogen (secondary N) is 1. The number of sulfonamides is 1. The second-order valence-electron chi connectivity index (χ2n) is 6.93. The first-order valence-electron chi connectivity index (χ1n) is 8.93. The Labute approximate surface area is 161 Å². The Morgan fingerprint density at radius 3 is 2.27 bits per heavy atom. The second kappa shape index (κ2) is 7.92. The van der Waals surface area contributed by atoms with Gasteiger partial charge >= 0.3 is 0 Å². The van der Waals surface area contributed by atoms with Crippen molar-refractivity contribution in [1.29, 1.82) is 0 Å². The third-order valence-electron chi connectivity index (χ3n) is 4.69. The van der Waals surface area contributed by atoms with Crippen molar-refractivity contribution in [1.82, 2.24) is 0 Å². The molecule has 0 aromatic heterocycles. The number of aryl methyl sites for hydroxylation is 1.